The maximum absolute atomic E-state index is 5.99. The molecule has 1 atom stereocenters. The predicted molar refractivity (Wildman–Crippen MR) is 116 cm³/mol. The van der Waals surface area contributed by atoms with Gasteiger partial charge in [-0.3, -0.25) is 9.89 Å². The van der Waals surface area contributed by atoms with Crippen LogP contribution in [-0.4, -0.2) is 76.6 Å². The standard InChI is InChI=1S/C22H36N4O3/c1-23-22(25-17-21-7-4-11-28-21)24-16-18-5-3-6-20(15-18)29-14-10-26(2)19-8-12-27-13-9-19/h3,5-6,15,19,21H,4,7-14,16-17H2,1-2H3,(H2,23,24,25). The van der Waals surface area contributed by atoms with Gasteiger partial charge in [0.1, 0.15) is 12.4 Å². The van der Waals surface area contributed by atoms with E-state index >= 15 is 0 Å². The summed E-state index contributed by atoms with van der Waals surface area (Å²) in [6.07, 6.45) is 4.78. The molecular weight excluding hydrogens is 368 g/mol. The number of likely N-dealkylation sites (N-methyl/N-ethyl adjacent to an activating group) is 1. The minimum atomic E-state index is 0.296. The lowest BCUT2D eigenvalue weighted by molar-refractivity contribution is 0.0392. The number of nitrogens with zero attached hydrogens (tertiary/aromatic N) is 2. The van der Waals surface area contributed by atoms with E-state index in [0.29, 0.717) is 25.3 Å². The molecule has 0 radical (unpaired) electrons. The zero-order chi connectivity index (χ0) is 20.3. The fraction of sp³-hybridized carbons (Fsp3) is 0.682. The van der Waals surface area contributed by atoms with E-state index in [0.717, 1.165) is 70.3 Å². The quantitative estimate of drug-likeness (QED) is 0.485. The highest BCUT2D eigenvalue weighted by Gasteiger charge is 2.18. The highest BCUT2D eigenvalue weighted by Crippen LogP contribution is 2.15. The Kier molecular flexibility index (Phi) is 9.05. The molecule has 1 aromatic carbocycles. The second-order valence-electron chi connectivity index (χ2n) is 7.76. The van der Waals surface area contributed by atoms with Crippen LogP contribution in [0.3, 0.4) is 0 Å². The molecule has 162 valence electrons. The number of benzene rings is 1. The molecule has 2 heterocycles. The Balaban J connectivity index is 1.37. The minimum absolute atomic E-state index is 0.296. The number of hydrogen-bond donors (Lipinski definition) is 2. The van der Waals surface area contributed by atoms with Gasteiger partial charge in [0.15, 0.2) is 5.96 Å². The summed E-state index contributed by atoms with van der Waals surface area (Å²) in [5, 5.41) is 6.70. The van der Waals surface area contributed by atoms with Gasteiger partial charge in [0, 0.05) is 52.5 Å². The number of rotatable bonds is 9. The predicted octanol–water partition coefficient (Wildman–Crippen LogP) is 2.02. The summed E-state index contributed by atoms with van der Waals surface area (Å²) in [6.45, 7) is 5.72. The smallest absolute Gasteiger partial charge is 0.191 e. The SMILES string of the molecule is CN=C(NCc1cccc(OCCN(C)C2CCOCC2)c1)NCC1CCCO1. The van der Waals surface area contributed by atoms with Gasteiger partial charge in [-0.05, 0) is 50.4 Å². The zero-order valence-electron chi connectivity index (χ0n) is 17.9. The fourth-order valence-electron chi connectivity index (χ4n) is 3.78. The molecule has 0 aromatic heterocycles. The van der Waals surface area contributed by atoms with Crippen LogP contribution >= 0.6 is 0 Å². The van der Waals surface area contributed by atoms with Crippen molar-refractivity contribution in [2.45, 2.75) is 44.4 Å². The number of hydrogen-bond acceptors (Lipinski definition) is 5. The van der Waals surface area contributed by atoms with Crippen molar-refractivity contribution in [3.63, 3.8) is 0 Å². The van der Waals surface area contributed by atoms with Crippen molar-refractivity contribution < 1.29 is 14.2 Å². The largest absolute Gasteiger partial charge is 0.492 e. The van der Waals surface area contributed by atoms with Gasteiger partial charge in [-0.25, -0.2) is 0 Å². The van der Waals surface area contributed by atoms with E-state index in [4.69, 9.17) is 14.2 Å². The summed E-state index contributed by atoms with van der Waals surface area (Å²) in [6, 6.07) is 8.85. The first-order chi connectivity index (χ1) is 14.2. The Labute approximate surface area is 174 Å². The van der Waals surface area contributed by atoms with Crippen molar-refractivity contribution in [1.29, 1.82) is 0 Å². The van der Waals surface area contributed by atoms with Crippen LogP contribution < -0.4 is 15.4 Å². The molecular formula is C22H36N4O3. The van der Waals surface area contributed by atoms with Crippen molar-refractivity contribution in [2.24, 2.45) is 4.99 Å². The summed E-state index contributed by atoms with van der Waals surface area (Å²) in [7, 11) is 3.97. The van der Waals surface area contributed by atoms with Crippen LogP contribution in [-0.2, 0) is 16.0 Å². The summed E-state index contributed by atoms with van der Waals surface area (Å²) in [4.78, 5) is 6.68. The van der Waals surface area contributed by atoms with E-state index in [-0.39, 0.29) is 0 Å². The van der Waals surface area contributed by atoms with E-state index in [9.17, 15) is 0 Å². The van der Waals surface area contributed by atoms with Crippen molar-refractivity contribution in [2.75, 3.05) is 53.6 Å². The Hall–Kier alpha value is -1.83. The van der Waals surface area contributed by atoms with Crippen LogP contribution in [0.15, 0.2) is 29.3 Å². The van der Waals surface area contributed by atoms with E-state index < -0.39 is 0 Å². The second kappa shape index (κ2) is 12.0. The molecule has 2 N–H and O–H groups in total. The van der Waals surface area contributed by atoms with Crippen LogP contribution in [0.25, 0.3) is 0 Å². The van der Waals surface area contributed by atoms with Gasteiger partial charge in [0.2, 0.25) is 0 Å². The lowest BCUT2D eigenvalue weighted by atomic mass is 10.1. The van der Waals surface area contributed by atoms with Gasteiger partial charge in [0.25, 0.3) is 0 Å². The maximum atomic E-state index is 5.99. The highest BCUT2D eigenvalue weighted by molar-refractivity contribution is 5.79. The van der Waals surface area contributed by atoms with Crippen LogP contribution in [0.2, 0.25) is 0 Å². The molecule has 0 spiro atoms. The van der Waals surface area contributed by atoms with Crippen LogP contribution in [0, 0.1) is 0 Å². The molecule has 0 saturated carbocycles. The van der Waals surface area contributed by atoms with Crippen LogP contribution in [0.5, 0.6) is 5.75 Å². The average Bonchev–Trinajstić information content (AvgIpc) is 3.28. The Morgan fingerprint density at radius 2 is 2.07 bits per heavy atom. The first-order valence-corrected chi connectivity index (χ1v) is 10.8. The fourth-order valence-corrected chi connectivity index (χ4v) is 3.78. The van der Waals surface area contributed by atoms with Crippen LogP contribution in [0.4, 0.5) is 0 Å². The minimum Gasteiger partial charge on any atom is -0.492 e. The summed E-state index contributed by atoms with van der Waals surface area (Å²) in [5.41, 5.74) is 1.17. The summed E-state index contributed by atoms with van der Waals surface area (Å²) < 4.78 is 17.1. The van der Waals surface area contributed by atoms with Crippen molar-refractivity contribution >= 4 is 5.96 Å². The lowest BCUT2D eigenvalue weighted by Crippen LogP contribution is -2.40. The summed E-state index contributed by atoms with van der Waals surface area (Å²) >= 11 is 0. The first-order valence-electron chi connectivity index (χ1n) is 10.8. The molecule has 0 amide bonds. The third-order valence-electron chi connectivity index (χ3n) is 5.63. The Morgan fingerprint density at radius 1 is 1.21 bits per heavy atom. The monoisotopic (exact) mass is 404 g/mol. The molecule has 2 aliphatic heterocycles. The van der Waals surface area contributed by atoms with E-state index in [1.807, 2.05) is 12.1 Å². The normalized spacial score (nSPS) is 20.8. The van der Waals surface area contributed by atoms with Crippen molar-refractivity contribution in [3.05, 3.63) is 29.8 Å². The molecule has 1 aromatic rings. The van der Waals surface area contributed by atoms with E-state index in [1.54, 1.807) is 7.05 Å². The highest BCUT2D eigenvalue weighted by atomic mass is 16.5. The van der Waals surface area contributed by atoms with E-state index in [2.05, 4.69) is 39.7 Å². The number of nitrogens with one attached hydrogen (secondary N) is 2. The second-order valence-corrected chi connectivity index (χ2v) is 7.76. The number of ether oxygens (including phenoxy) is 3. The molecule has 0 aliphatic carbocycles. The molecule has 7 heteroatoms. The third kappa shape index (κ3) is 7.49. The number of guanidine groups is 1. The summed E-state index contributed by atoms with van der Waals surface area (Å²) in [5.74, 6) is 1.71. The van der Waals surface area contributed by atoms with Gasteiger partial charge in [-0.15, -0.1) is 0 Å². The number of aliphatic imine (C=N–C) groups is 1. The van der Waals surface area contributed by atoms with Gasteiger partial charge in [-0.1, -0.05) is 12.1 Å². The lowest BCUT2D eigenvalue weighted by Gasteiger charge is -2.31. The van der Waals surface area contributed by atoms with E-state index in [1.165, 1.54) is 5.56 Å². The first kappa shape index (κ1) is 21.9. The third-order valence-corrected chi connectivity index (χ3v) is 5.63. The molecule has 2 aliphatic rings. The van der Waals surface area contributed by atoms with Gasteiger partial charge in [-0.2, -0.15) is 0 Å². The van der Waals surface area contributed by atoms with Gasteiger partial charge >= 0.3 is 0 Å². The molecule has 2 saturated heterocycles. The van der Waals surface area contributed by atoms with Crippen molar-refractivity contribution in [3.8, 4) is 5.75 Å². The molecule has 1 unspecified atom stereocenters. The van der Waals surface area contributed by atoms with Crippen LogP contribution in [0.1, 0.15) is 31.2 Å². The molecule has 7 nitrogen and oxygen atoms in total. The molecule has 3 rings (SSSR count). The maximum Gasteiger partial charge on any atom is 0.191 e. The molecule has 0 bridgehead atoms. The molecule has 29 heavy (non-hydrogen) atoms. The zero-order valence-corrected chi connectivity index (χ0v) is 17.9. The Morgan fingerprint density at radius 3 is 2.83 bits per heavy atom. The van der Waals surface area contributed by atoms with Crippen molar-refractivity contribution in [1.82, 2.24) is 15.5 Å². The average molecular weight is 405 g/mol. The van der Waals surface area contributed by atoms with Gasteiger partial charge in [0.05, 0.1) is 6.10 Å². The van der Waals surface area contributed by atoms with Gasteiger partial charge < -0.3 is 24.8 Å². The Bertz CT molecular complexity index is 628. The topological polar surface area (TPSA) is 67.4 Å². The molecule has 2 fully saturated rings.